The molecule has 0 atom stereocenters. The van der Waals surface area contributed by atoms with E-state index in [-0.39, 0.29) is 0 Å². The van der Waals surface area contributed by atoms with E-state index >= 15 is 0 Å². The van der Waals surface area contributed by atoms with Gasteiger partial charge in [0.25, 0.3) is 0 Å². The number of hydrogen-bond donors (Lipinski definition) is 0. The van der Waals surface area contributed by atoms with Gasteiger partial charge in [0.15, 0.2) is 0 Å². The van der Waals surface area contributed by atoms with Gasteiger partial charge in [0.2, 0.25) is 0 Å². The summed E-state index contributed by atoms with van der Waals surface area (Å²) in [5.74, 6) is 0. The van der Waals surface area contributed by atoms with Crippen molar-refractivity contribution in [2.45, 2.75) is 0 Å². The summed E-state index contributed by atoms with van der Waals surface area (Å²) in [6.45, 7) is 0. The van der Waals surface area contributed by atoms with E-state index in [4.69, 9.17) is 0 Å². The van der Waals surface area contributed by atoms with Crippen LogP contribution in [0.25, 0.3) is 130 Å². The van der Waals surface area contributed by atoms with E-state index in [2.05, 4.69) is 237 Å². The summed E-state index contributed by atoms with van der Waals surface area (Å²) in [7, 11) is 0. The molecule has 0 unspecified atom stereocenters. The topological polar surface area (TPSA) is 19.7 Å². The van der Waals surface area contributed by atoms with Gasteiger partial charge < -0.3 is 18.3 Å². The molecule has 4 nitrogen and oxygen atoms in total. The lowest BCUT2D eigenvalue weighted by atomic mass is 10.1. The largest absolute Gasteiger partial charge is 0.309 e. The molecule has 0 N–H and O–H groups in total. The van der Waals surface area contributed by atoms with Crippen molar-refractivity contribution in [3.05, 3.63) is 218 Å². The van der Waals surface area contributed by atoms with Crippen molar-refractivity contribution in [2.75, 3.05) is 0 Å². The van der Waals surface area contributed by atoms with Gasteiger partial charge in [-0.1, -0.05) is 121 Å². The molecule has 0 fully saturated rings. The number of nitrogens with zero attached hydrogens (tertiary/aromatic N) is 4. The second-order valence-electron chi connectivity index (χ2n) is 17.3. The quantitative estimate of drug-likeness (QED) is 0.168. The third-order valence-electron chi connectivity index (χ3n) is 13.9. The molecule has 0 aliphatic heterocycles. The summed E-state index contributed by atoms with van der Waals surface area (Å²) in [5.41, 5.74) is 14.3. The Labute approximate surface area is 376 Å². The van der Waals surface area contributed by atoms with Crippen molar-refractivity contribution in [1.82, 2.24) is 18.3 Å². The summed E-state index contributed by atoms with van der Waals surface area (Å²) < 4.78 is 12.4. The minimum atomic E-state index is 1.15. The summed E-state index contributed by atoms with van der Waals surface area (Å²) >= 11 is 1.87. The molecule has 15 rings (SSSR count). The summed E-state index contributed by atoms with van der Waals surface area (Å²) in [4.78, 5) is 0. The Morgan fingerprint density at radius 2 is 0.538 bits per heavy atom. The highest BCUT2D eigenvalue weighted by atomic mass is 32.1. The average molecular weight is 845 g/mol. The molecule has 0 amide bonds. The minimum absolute atomic E-state index is 1.15. The standard InChI is InChI=1S/C60H36N4S/c1-7-21-47-39(15-1)40-16-2-8-22-48(40)63(47)55-29-13-27-53-59(55)43-19-5-11-25-51(43)61(53)37-31-33-57-45(35-37)46-36-38(32-34-58(46)65-57)62-52-26-12-6-20-44(52)60-54(62)28-14-30-56(60)64-49-23-9-3-17-41(49)42-18-4-10-24-50(42)64/h1-36H. The van der Waals surface area contributed by atoms with Crippen LogP contribution in [0.15, 0.2) is 218 Å². The maximum atomic E-state index is 2.47. The smallest absolute Gasteiger partial charge is 0.0562 e. The number of aromatic nitrogens is 4. The lowest BCUT2D eigenvalue weighted by molar-refractivity contribution is 1.17. The van der Waals surface area contributed by atoms with E-state index in [1.165, 1.54) is 119 Å². The third-order valence-corrected chi connectivity index (χ3v) is 15.1. The first-order chi connectivity index (χ1) is 32.3. The molecule has 15 aromatic rings. The molecule has 0 bridgehead atoms. The van der Waals surface area contributed by atoms with E-state index in [0.717, 1.165) is 11.4 Å². The molecule has 0 spiro atoms. The molecule has 5 aromatic heterocycles. The van der Waals surface area contributed by atoms with Crippen molar-refractivity contribution in [3.8, 4) is 22.7 Å². The molecule has 5 heterocycles. The fourth-order valence-electron chi connectivity index (χ4n) is 11.3. The van der Waals surface area contributed by atoms with Crippen LogP contribution in [-0.4, -0.2) is 18.3 Å². The Kier molecular flexibility index (Phi) is 7.07. The maximum Gasteiger partial charge on any atom is 0.0562 e. The van der Waals surface area contributed by atoms with Crippen molar-refractivity contribution < 1.29 is 0 Å². The Morgan fingerprint density at radius 1 is 0.231 bits per heavy atom. The Bertz CT molecular complexity index is 4100. The molecule has 0 aliphatic carbocycles. The molecule has 0 saturated heterocycles. The van der Waals surface area contributed by atoms with Gasteiger partial charge in [-0.25, -0.2) is 0 Å². The van der Waals surface area contributed by atoms with Crippen molar-refractivity contribution in [2.24, 2.45) is 0 Å². The highest BCUT2D eigenvalue weighted by molar-refractivity contribution is 7.25. The average Bonchev–Trinajstić information content (AvgIpc) is 4.16. The van der Waals surface area contributed by atoms with Crippen molar-refractivity contribution in [1.29, 1.82) is 0 Å². The van der Waals surface area contributed by atoms with Crippen LogP contribution in [-0.2, 0) is 0 Å². The third kappa shape index (κ3) is 4.74. The number of thiophene rings is 1. The van der Waals surface area contributed by atoms with Gasteiger partial charge in [-0.15, -0.1) is 11.3 Å². The predicted octanol–water partition coefficient (Wildman–Crippen LogP) is 16.4. The van der Waals surface area contributed by atoms with Gasteiger partial charge in [0, 0.05) is 74.6 Å². The number of rotatable bonds is 4. The molecule has 0 radical (unpaired) electrons. The van der Waals surface area contributed by atoms with Gasteiger partial charge in [-0.3, -0.25) is 0 Å². The maximum absolute atomic E-state index is 2.47. The van der Waals surface area contributed by atoms with E-state index in [0.29, 0.717) is 0 Å². The van der Waals surface area contributed by atoms with Gasteiger partial charge in [0.1, 0.15) is 0 Å². The lowest BCUT2D eigenvalue weighted by Crippen LogP contribution is -1.97. The zero-order chi connectivity index (χ0) is 42.3. The zero-order valence-corrected chi connectivity index (χ0v) is 35.8. The van der Waals surface area contributed by atoms with Crippen LogP contribution in [0.5, 0.6) is 0 Å². The number of hydrogen-bond acceptors (Lipinski definition) is 1. The Balaban J connectivity index is 0.949. The SMILES string of the molecule is c1ccc2c(c1)c1ccccc1n2-c1cccc2c1c1ccccc1n2-c1ccc2sc3ccc(-n4c5ccccc5c5c(-n6c7ccccc7c7ccccc76)cccc54)cc3c2c1. The monoisotopic (exact) mass is 844 g/mol. The molecule has 5 heteroatoms. The normalized spacial score (nSPS) is 12.3. The fraction of sp³-hybridized carbons (Fsp3) is 0. The van der Waals surface area contributed by atoms with Gasteiger partial charge >= 0.3 is 0 Å². The van der Waals surface area contributed by atoms with E-state index in [1.807, 2.05) is 11.3 Å². The van der Waals surface area contributed by atoms with E-state index in [9.17, 15) is 0 Å². The highest BCUT2D eigenvalue weighted by Gasteiger charge is 2.22. The van der Waals surface area contributed by atoms with Crippen LogP contribution < -0.4 is 0 Å². The number of benzene rings is 10. The van der Waals surface area contributed by atoms with Crippen LogP contribution in [0, 0.1) is 0 Å². The number of fused-ring (bicyclic) bond motifs is 15. The molecule has 0 aliphatic rings. The van der Waals surface area contributed by atoms with Gasteiger partial charge in [0.05, 0.1) is 55.5 Å². The number of para-hydroxylation sites is 6. The molecular weight excluding hydrogens is 809 g/mol. The summed E-state index contributed by atoms with van der Waals surface area (Å²) in [6.07, 6.45) is 0. The van der Waals surface area contributed by atoms with Gasteiger partial charge in [-0.2, -0.15) is 0 Å². The van der Waals surface area contributed by atoms with Crippen molar-refractivity contribution >= 4 is 119 Å². The minimum Gasteiger partial charge on any atom is -0.309 e. The highest BCUT2D eigenvalue weighted by Crippen LogP contribution is 2.44. The van der Waals surface area contributed by atoms with E-state index in [1.54, 1.807) is 0 Å². The summed E-state index contributed by atoms with van der Waals surface area (Å²) in [6, 6.07) is 80.7. The van der Waals surface area contributed by atoms with Crippen LogP contribution in [0.4, 0.5) is 0 Å². The van der Waals surface area contributed by atoms with Crippen LogP contribution >= 0.6 is 11.3 Å². The second kappa shape index (κ2) is 13.1. The first-order valence-electron chi connectivity index (χ1n) is 22.3. The van der Waals surface area contributed by atoms with E-state index < -0.39 is 0 Å². The van der Waals surface area contributed by atoms with Crippen LogP contribution in [0.3, 0.4) is 0 Å². The van der Waals surface area contributed by atoms with Crippen molar-refractivity contribution in [3.63, 3.8) is 0 Å². The Morgan fingerprint density at radius 3 is 0.908 bits per heavy atom. The molecule has 10 aromatic carbocycles. The molecule has 302 valence electrons. The zero-order valence-electron chi connectivity index (χ0n) is 35.0. The predicted molar refractivity (Wildman–Crippen MR) is 277 cm³/mol. The Hall–Kier alpha value is -8.38. The fourth-order valence-corrected chi connectivity index (χ4v) is 12.4. The summed E-state index contributed by atoms with van der Waals surface area (Å²) in [5, 5.41) is 12.6. The van der Waals surface area contributed by atoms with Gasteiger partial charge in [-0.05, 0) is 97.1 Å². The molecule has 0 saturated carbocycles. The van der Waals surface area contributed by atoms with Crippen LogP contribution in [0.2, 0.25) is 0 Å². The first kappa shape index (κ1) is 35.1. The lowest BCUT2D eigenvalue weighted by Gasteiger charge is -2.12. The van der Waals surface area contributed by atoms with Crippen LogP contribution in [0.1, 0.15) is 0 Å². The second-order valence-corrected chi connectivity index (χ2v) is 18.3. The first-order valence-corrected chi connectivity index (χ1v) is 23.1. The molecule has 65 heavy (non-hydrogen) atoms. The molecular formula is C60H36N4S.